The number of piperidine rings is 1. The van der Waals surface area contributed by atoms with Crippen LogP contribution in [0.15, 0.2) is 91.0 Å². The Kier molecular flexibility index (Phi) is 14.2. The SMILES string of the molecule is C=C(COc1cccc(NC(=O)NCc2ccc3c(c2)CN(C2CCC(=O)NC2=O)C3=O)c1)C(=O)N1CCN(c2nc(OC[C@@H]3CCCN3C)nc3c2CCN(c2cccc4cccc(Cl)c24)C3)C[C@@H]1CC#N. The highest BCUT2D eigenvalue weighted by molar-refractivity contribution is 6.36. The molecule has 0 radical (unpaired) electrons. The zero-order valence-electron chi connectivity index (χ0n) is 40.6. The number of ether oxygens (including phenoxy) is 2. The molecular weight excluding hydrogens is 950 g/mol. The first-order valence-corrected chi connectivity index (χ1v) is 25.1. The summed E-state index contributed by atoms with van der Waals surface area (Å²) in [6.45, 7) is 8.25. The number of urea groups is 1. The summed E-state index contributed by atoms with van der Waals surface area (Å²) >= 11 is 6.79. The number of piperazine rings is 1. The van der Waals surface area contributed by atoms with Gasteiger partial charge < -0.3 is 44.6 Å². The minimum Gasteiger partial charge on any atom is -0.489 e. The van der Waals surface area contributed by atoms with E-state index in [-0.39, 0.29) is 68.3 Å². The molecule has 18 nitrogen and oxygen atoms in total. The van der Waals surface area contributed by atoms with E-state index >= 15 is 0 Å². The van der Waals surface area contributed by atoms with Gasteiger partial charge in [-0.2, -0.15) is 15.2 Å². The van der Waals surface area contributed by atoms with E-state index in [1.54, 1.807) is 41.3 Å². The summed E-state index contributed by atoms with van der Waals surface area (Å²) in [6.07, 6.45) is 3.37. The molecule has 4 aromatic carbocycles. The smallest absolute Gasteiger partial charge is 0.319 e. The minimum atomic E-state index is -0.712. The van der Waals surface area contributed by atoms with Crippen LogP contribution in [0.25, 0.3) is 10.8 Å². The van der Waals surface area contributed by atoms with E-state index in [2.05, 4.69) is 68.5 Å². The van der Waals surface area contributed by atoms with Crippen molar-refractivity contribution in [2.75, 3.05) is 68.1 Å². The number of likely N-dealkylation sites (N-methyl/N-ethyl adjacent to an activating group) is 1. The van der Waals surface area contributed by atoms with Gasteiger partial charge in [-0.05, 0) is 86.1 Å². The first kappa shape index (κ1) is 48.9. The number of hydrogen-bond acceptors (Lipinski definition) is 13. The number of rotatable bonds is 14. The van der Waals surface area contributed by atoms with Gasteiger partial charge in [-0.25, -0.2) is 4.79 Å². The molecule has 5 aromatic rings. The molecule has 3 N–H and O–H groups in total. The number of anilines is 3. The van der Waals surface area contributed by atoms with Crippen molar-refractivity contribution in [2.45, 2.75) is 76.3 Å². The van der Waals surface area contributed by atoms with E-state index in [0.29, 0.717) is 73.8 Å². The number of aromatic nitrogens is 2. The molecule has 5 aliphatic rings. The summed E-state index contributed by atoms with van der Waals surface area (Å²) in [6, 6.07) is 25.4. The highest BCUT2D eigenvalue weighted by atomic mass is 35.5. The number of hydrogen-bond donors (Lipinski definition) is 3. The highest BCUT2D eigenvalue weighted by Gasteiger charge is 2.40. The fourth-order valence-corrected chi connectivity index (χ4v) is 10.9. The lowest BCUT2D eigenvalue weighted by molar-refractivity contribution is -0.137. The lowest BCUT2D eigenvalue weighted by Gasteiger charge is -2.42. The summed E-state index contributed by atoms with van der Waals surface area (Å²) in [5.41, 5.74) is 5.58. The fraction of sp³-hybridized carbons (Fsp3) is 0.370. The van der Waals surface area contributed by atoms with Gasteiger partial charge in [0.25, 0.3) is 11.8 Å². The molecule has 0 bridgehead atoms. The lowest BCUT2D eigenvalue weighted by atomic mass is 10.0. The number of carbonyl (C=O) groups is 5. The predicted molar refractivity (Wildman–Crippen MR) is 274 cm³/mol. The second-order valence-corrected chi connectivity index (χ2v) is 19.6. The van der Waals surface area contributed by atoms with E-state index in [1.165, 1.54) is 4.90 Å². The lowest BCUT2D eigenvalue weighted by Crippen LogP contribution is -2.56. The molecule has 6 heterocycles. The van der Waals surface area contributed by atoms with Gasteiger partial charge in [0.05, 0.1) is 35.8 Å². The highest BCUT2D eigenvalue weighted by Crippen LogP contribution is 2.38. The number of imide groups is 1. The van der Waals surface area contributed by atoms with Crippen LogP contribution < -0.4 is 35.2 Å². The van der Waals surface area contributed by atoms with Gasteiger partial charge in [0, 0.05) is 91.3 Å². The summed E-state index contributed by atoms with van der Waals surface area (Å²) < 4.78 is 12.4. The van der Waals surface area contributed by atoms with E-state index in [4.69, 9.17) is 31.0 Å². The normalized spacial score (nSPS) is 19.8. The number of fused-ring (bicyclic) bond motifs is 3. The molecule has 19 heteroatoms. The first-order chi connectivity index (χ1) is 35.4. The Morgan fingerprint density at radius 3 is 2.56 bits per heavy atom. The zero-order chi connectivity index (χ0) is 50.8. The van der Waals surface area contributed by atoms with Crippen molar-refractivity contribution < 1.29 is 33.4 Å². The standard InChI is InChI=1S/C54H56ClN11O7/c1-33(31-72-40-11-5-9-37(26-40)58-53(71)57-27-34-14-15-41-36(25-34)28-66(52(41)70)46-16-17-47(67)60-50(46)68)51(69)65-24-23-64(29-38(65)18-20-56)49-42-19-22-63(45-13-4-8-35-7-3-12-43(55)48(35)45)30-44(42)59-54(61-49)73-32-39-10-6-21-62(39)2/h3-5,7-9,11-15,25-26,38-39,46H,1,6,10,16-19,21-24,27-32H2,2H3,(H2,57,58,71)(H,60,67,68)/t38-,39-,46?/m0/s1. The van der Waals surface area contributed by atoms with Crippen LogP contribution in [0.4, 0.5) is 22.0 Å². The molecule has 6 amide bonds. The number of amides is 6. The average Bonchev–Trinajstić information content (AvgIpc) is 3.96. The first-order valence-electron chi connectivity index (χ1n) is 24.7. The molecule has 0 spiro atoms. The van der Waals surface area contributed by atoms with Crippen LogP contribution in [0, 0.1) is 11.3 Å². The van der Waals surface area contributed by atoms with Gasteiger partial charge in [-0.1, -0.05) is 60.6 Å². The van der Waals surface area contributed by atoms with Gasteiger partial charge in [0.1, 0.15) is 30.8 Å². The van der Waals surface area contributed by atoms with Gasteiger partial charge >= 0.3 is 12.0 Å². The maximum atomic E-state index is 14.1. The molecule has 10 rings (SSSR count). The molecule has 1 aromatic heterocycles. The Morgan fingerprint density at radius 1 is 0.918 bits per heavy atom. The Balaban J connectivity index is 0.759. The Bertz CT molecular complexity index is 3070. The number of carbonyl (C=O) groups excluding carboxylic acids is 5. The summed E-state index contributed by atoms with van der Waals surface area (Å²) in [5.74, 6) is -0.234. The Labute approximate surface area is 427 Å². The predicted octanol–water partition coefficient (Wildman–Crippen LogP) is 5.97. The van der Waals surface area contributed by atoms with Gasteiger partial charge in [0.15, 0.2) is 0 Å². The number of likely N-dealkylation sites (tertiary alicyclic amines) is 1. The van der Waals surface area contributed by atoms with Crippen molar-refractivity contribution in [3.63, 3.8) is 0 Å². The van der Waals surface area contributed by atoms with Crippen LogP contribution in [0.3, 0.4) is 0 Å². The molecule has 1 unspecified atom stereocenters. The summed E-state index contributed by atoms with van der Waals surface area (Å²) in [4.78, 5) is 84.3. The third-order valence-corrected chi connectivity index (χ3v) is 14.8. The van der Waals surface area contributed by atoms with Crippen LogP contribution in [-0.4, -0.2) is 125 Å². The maximum absolute atomic E-state index is 14.1. The number of nitriles is 1. The fourth-order valence-electron chi connectivity index (χ4n) is 10.6. The quantitative estimate of drug-likeness (QED) is 0.0868. The largest absolute Gasteiger partial charge is 0.489 e. The Morgan fingerprint density at radius 2 is 1.75 bits per heavy atom. The van der Waals surface area contributed by atoms with Crippen LogP contribution in [0.5, 0.6) is 11.8 Å². The van der Waals surface area contributed by atoms with E-state index in [1.807, 2.05) is 24.3 Å². The second-order valence-electron chi connectivity index (χ2n) is 19.2. The van der Waals surface area contributed by atoms with Crippen molar-refractivity contribution in [2.24, 2.45) is 0 Å². The summed E-state index contributed by atoms with van der Waals surface area (Å²) in [7, 11) is 2.11. The van der Waals surface area contributed by atoms with Crippen molar-refractivity contribution in [3.05, 3.63) is 124 Å². The topological polar surface area (TPSA) is 206 Å². The molecule has 3 atom stereocenters. The third-order valence-electron chi connectivity index (χ3n) is 14.5. The second kappa shape index (κ2) is 21.1. The van der Waals surface area contributed by atoms with Crippen molar-refractivity contribution in [3.8, 4) is 17.8 Å². The average molecular weight is 1010 g/mol. The van der Waals surface area contributed by atoms with Crippen LogP contribution in [0.1, 0.15) is 64.8 Å². The molecular formula is C54H56ClN11O7. The van der Waals surface area contributed by atoms with E-state index in [9.17, 15) is 29.2 Å². The van der Waals surface area contributed by atoms with E-state index < -0.39 is 24.0 Å². The minimum absolute atomic E-state index is 0.0989. The van der Waals surface area contributed by atoms with Crippen molar-refractivity contribution in [1.82, 2.24) is 35.3 Å². The third kappa shape index (κ3) is 10.5. The molecule has 3 fully saturated rings. The van der Waals surface area contributed by atoms with Gasteiger partial charge in [-0.3, -0.25) is 24.5 Å². The molecule has 3 saturated heterocycles. The monoisotopic (exact) mass is 1010 g/mol. The van der Waals surface area contributed by atoms with Gasteiger partial charge in [-0.15, -0.1) is 0 Å². The van der Waals surface area contributed by atoms with Gasteiger partial charge in [0.2, 0.25) is 11.8 Å². The van der Waals surface area contributed by atoms with Crippen LogP contribution in [0.2, 0.25) is 5.02 Å². The molecule has 5 aliphatic heterocycles. The molecule has 0 saturated carbocycles. The maximum Gasteiger partial charge on any atom is 0.319 e. The number of benzene rings is 4. The van der Waals surface area contributed by atoms with E-state index in [0.717, 1.165) is 64.0 Å². The number of nitrogens with zero attached hydrogens (tertiary/aromatic N) is 8. The molecule has 73 heavy (non-hydrogen) atoms. The number of nitrogens with one attached hydrogen (secondary N) is 3. The van der Waals surface area contributed by atoms with Crippen molar-refractivity contribution in [1.29, 1.82) is 5.26 Å². The van der Waals surface area contributed by atoms with Crippen LogP contribution >= 0.6 is 11.6 Å². The number of halogens is 1. The summed E-state index contributed by atoms with van der Waals surface area (Å²) in [5, 5.41) is 20.7. The van der Waals surface area contributed by atoms with Crippen molar-refractivity contribution >= 4 is 69.2 Å². The van der Waals surface area contributed by atoms with Crippen LogP contribution in [-0.2, 0) is 40.4 Å². The Hall–Kier alpha value is -7.75. The zero-order valence-corrected chi connectivity index (χ0v) is 41.3. The molecule has 0 aliphatic carbocycles. The molecule has 376 valence electrons.